The van der Waals surface area contributed by atoms with Gasteiger partial charge in [-0.1, -0.05) is 26.0 Å². The van der Waals surface area contributed by atoms with Gasteiger partial charge in [0.25, 0.3) is 0 Å². The molecule has 0 unspecified atom stereocenters. The molecule has 5 nitrogen and oxygen atoms in total. The van der Waals surface area contributed by atoms with E-state index in [9.17, 15) is 0 Å². The van der Waals surface area contributed by atoms with Gasteiger partial charge < -0.3 is 5.32 Å². The zero-order chi connectivity index (χ0) is 12.1. The summed E-state index contributed by atoms with van der Waals surface area (Å²) in [5, 5.41) is 17.5. The number of nitrogens with zero attached hydrogens (tertiary/aromatic N) is 3. The zero-order valence-corrected chi connectivity index (χ0v) is 10.1. The molecular formula is C12H17N5. The Morgan fingerprint density at radius 2 is 2.12 bits per heavy atom. The van der Waals surface area contributed by atoms with Crippen LogP contribution in [0.15, 0.2) is 24.3 Å². The Balaban J connectivity index is 2.17. The fourth-order valence-electron chi connectivity index (χ4n) is 1.76. The highest BCUT2D eigenvalue weighted by Crippen LogP contribution is 2.19. The summed E-state index contributed by atoms with van der Waals surface area (Å²) in [7, 11) is 0. The highest BCUT2D eigenvalue weighted by atomic mass is 15.5. The average molecular weight is 231 g/mol. The van der Waals surface area contributed by atoms with Gasteiger partial charge in [0.05, 0.1) is 0 Å². The van der Waals surface area contributed by atoms with Crippen LogP contribution in [0.2, 0.25) is 0 Å². The maximum absolute atomic E-state index is 3.97. The van der Waals surface area contributed by atoms with Crippen LogP contribution in [0.25, 0.3) is 11.4 Å². The van der Waals surface area contributed by atoms with Crippen LogP contribution in [0.1, 0.15) is 26.7 Å². The Kier molecular flexibility index (Phi) is 3.69. The van der Waals surface area contributed by atoms with Crippen LogP contribution in [-0.4, -0.2) is 26.7 Å². The predicted molar refractivity (Wildman–Crippen MR) is 67.6 cm³/mol. The molecule has 0 atom stereocenters. The second kappa shape index (κ2) is 5.43. The SMILES string of the molecule is CCC(CC)Nc1cccc(-c2nn[nH]n2)c1. The molecule has 2 aromatic rings. The lowest BCUT2D eigenvalue weighted by Gasteiger charge is -2.16. The summed E-state index contributed by atoms with van der Waals surface area (Å²) in [5.74, 6) is 0.623. The number of hydrogen-bond donors (Lipinski definition) is 2. The molecule has 0 aliphatic rings. The topological polar surface area (TPSA) is 66.5 Å². The van der Waals surface area contributed by atoms with Crippen molar-refractivity contribution in [3.63, 3.8) is 0 Å². The molecule has 0 saturated carbocycles. The molecule has 2 rings (SSSR count). The van der Waals surface area contributed by atoms with E-state index in [1.807, 2.05) is 18.2 Å². The van der Waals surface area contributed by atoms with E-state index in [2.05, 4.69) is 45.9 Å². The van der Waals surface area contributed by atoms with E-state index < -0.39 is 0 Å². The van der Waals surface area contributed by atoms with Crippen molar-refractivity contribution >= 4 is 5.69 Å². The lowest BCUT2D eigenvalue weighted by atomic mass is 10.1. The van der Waals surface area contributed by atoms with Gasteiger partial charge in [0.1, 0.15) is 0 Å². The molecule has 0 amide bonds. The molecule has 0 fully saturated rings. The van der Waals surface area contributed by atoms with Crippen LogP contribution < -0.4 is 5.32 Å². The first-order valence-corrected chi connectivity index (χ1v) is 5.94. The summed E-state index contributed by atoms with van der Waals surface area (Å²) >= 11 is 0. The lowest BCUT2D eigenvalue weighted by Crippen LogP contribution is -2.16. The van der Waals surface area contributed by atoms with E-state index in [4.69, 9.17) is 0 Å². The van der Waals surface area contributed by atoms with Crippen molar-refractivity contribution < 1.29 is 0 Å². The zero-order valence-electron chi connectivity index (χ0n) is 10.1. The molecular weight excluding hydrogens is 214 g/mol. The third kappa shape index (κ3) is 2.81. The van der Waals surface area contributed by atoms with Gasteiger partial charge in [-0.3, -0.25) is 0 Å². The minimum absolute atomic E-state index is 0.510. The number of H-pyrrole nitrogens is 1. The van der Waals surface area contributed by atoms with Crippen LogP contribution in [0.4, 0.5) is 5.69 Å². The summed E-state index contributed by atoms with van der Waals surface area (Å²) < 4.78 is 0. The molecule has 2 N–H and O–H groups in total. The molecule has 0 bridgehead atoms. The second-order valence-electron chi connectivity index (χ2n) is 3.97. The van der Waals surface area contributed by atoms with Gasteiger partial charge in [-0.2, -0.15) is 5.21 Å². The third-order valence-electron chi connectivity index (χ3n) is 2.82. The molecule has 17 heavy (non-hydrogen) atoms. The number of rotatable bonds is 5. The smallest absolute Gasteiger partial charge is 0.204 e. The molecule has 0 aliphatic carbocycles. The standard InChI is InChI=1S/C12H17N5/c1-3-10(4-2)13-11-7-5-6-9(8-11)12-14-16-17-15-12/h5-8,10,13H,3-4H2,1-2H3,(H,14,15,16,17). The van der Waals surface area contributed by atoms with Crippen LogP contribution >= 0.6 is 0 Å². The number of hydrogen-bond acceptors (Lipinski definition) is 4. The van der Waals surface area contributed by atoms with E-state index in [0.717, 1.165) is 24.1 Å². The van der Waals surface area contributed by atoms with E-state index in [1.54, 1.807) is 0 Å². The fraction of sp³-hybridized carbons (Fsp3) is 0.417. The van der Waals surface area contributed by atoms with Crippen molar-refractivity contribution in [1.29, 1.82) is 0 Å². The van der Waals surface area contributed by atoms with Crippen molar-refractivity contribution in [2.45, 2.75) is 32.7 Å². The lowest BCUT2D eigenvalue weighted by molar-refractivity contribution is 0.672. The average Bonchev–Trinajstić information content (AvgIpc) is 2.90. The number of aromatic nitrogens is 4. The molecule has 1 heterocycles. The number of aromatic amines is 1. The maximum atomic E-state index is 3.97. The van der Waals surface area contributed by atoms with Gasteiger partial charge in [0.2, 0.25) is 5.82 Å². The van der Waals surface area contributed by atoms with E-state index >= 15 is 0 Å². The number of benzene rings is 1. The molecule has 0 spiro atoms. The number of nitrogens with one attached hydrogen (secondary N) is 2. The van der Waals surface area contributed by atoms with Gasteiger partial charge >= 0.3 is 0 Å². The quantitative estimate of drug-likeness (QED) is 0.829. The van der Waals surface area contributed by atoms with Crippen molar-refractivity contribution in [3.8, 4) is 11.4 Å². The van der Waals surface area contributed by atoms with Crippen molar-refractivity contribution in [2.24, 2.45) is 0 Å². The van der Waals surface area contributed by atoms with Crippen LogP contribution in [0, 0.1) is 0 Å². The summed E-state index contributed by atoms with van der Waals surface area (Å²) in [6.07, 6.45) is 2.23. The van der Waals surface area contributed by atoms with Gasteiger partial charge in [-0.15, -0.1) is 10.2 Å². The Hall–Kier alpha value is -1.91. The maximum Gasteiger partial charge on any atom is 0.204 e. The second-order valence-corrected chi connectivity index (χ2v) is 3.97. The van der Waals surface area contributed by atoms with Gasteiger partial charge in [0.15, 0.2) is 0 Å². The first-order chi connectivity index (χ1) is 8.33. The largest absolute Gasteiger partial charge is 0.382 e. The minimum atomic E-state index is 0.510. The van der Waals surface area contributed by atoms with E-state index in [1.165, 1.54) is 0 Å². The predicted octanol–water partition coefficient (Wildman–Crippen LogP) is 2.47. The van der Waals surface area contributed by atoms with Gasteiger partial charge in [0, 0.05) is 17.3 Å². The fourth-order valence-corrected chi connectivity index (χ4v) is 1.76. The molecule has 90 valence electrons. The highest BCUT2D eigenvalue weighted by Gasteiger charge is 2.06. The van der Waals surface area contributed by atoms with Crippen LogP contribution in [-0.2, 0) is 0 Å². The van der Waals surface area contributed by atoms with Crippen molar-refractivity contribution in [1.82, 2.24) is 20.6 Å². The monoisotopic (exact) mass is 231 g/mol. The number of anilines is 1. The molecule has 5 heteroatoms. The highest BCUT2D eigenvalue weighted by molar-refractivity contribution is 5.61. The van der Waals surface area contributed by atoms with Crippen LogP contribution in [0.3, 0.4) is 0 Å². The Bertz CT molecular complexity index is 448. The molecule has 0 aliphatic heterocycles. The summed E-state index contributed by atoms with van der Waals surface area (Å²) in [4.78, 5) is 0. The third-order valence-corrected chi connectivity index (χ3v) is 2.82. The van der Waals surface area contributed by atoms with Gasteiger partial charge in [-0.25, -0.2) is 0 Å². The van der Waals surface area contributed by atoms with Gasteiger partial charge in [-0.05, 0) is 30.2 Å². The molecule has 1 aromatic carbocycles. The Morgan fingerprint density at radius 3 is 2.76 bits per heavy atom. The first kappa shape index (κ1) is 11.6. The summed E-state index contributed by atoms with van der Waals surface area (Å²) in [6.45, 7) is 4.37. The van der Waals surface area contributed by atoms with Crippen molar-refractivity contribution in [3.05, 3.63) is 24.3 Å². The molecule has 1 aromatic heterocycles. The normalized spacial score (nSPS) is 10.8. The molecule has 0 radical (unpaired) electrons. The Morgan fingerprint density at radius 1 is 1.29 bits per heavy atom. The van der Waals surface area contributed by atoms with Crippen LogP contribution in [0.5, 0.6) is 0 Å². The summed E-state index contributed by atoms with van der Waals surface area (Å²) in [5.41, 5.74) is 2.07. The molecule has 0 saturated heterocycles. The first-order valence-electron chi connectivity index (χ1n) is 5.94. The van der Waals surface area contributed by atoms with E-state index in [0.29, 0.717) is 11.9 Å². The summed E-state index contributed by atoms with van der Waals surface area (Å²) in [6, 6.07) is 8.58. The minimum Gasteiger partial charge on any atom is -0.382 e. The Labute approximate surface area is 101 Å². The van der Waals surface area contributed by atoms with E-state index in [-0.39, 0.29) is 0 Å². The number of tetrazole rings is 1. The van der Waals surface area contributed by atoms with Crippen molar-refractivity contribution in [2.75, 3.05) is 5.32 Å².